The highest BCUT2D eigenvalue weighted by molar-refractivity contribution is 7.99. The number of likely N-dealkylation sites (N-methyl/N-ethyl adjacent to an activating group) is 1. The molecule has 1 unspecified atom stereocenters. The second kappa shape index (κ2) is 10.1. The molecule has 2 N–H and O–H groups in total. The number of hydrogen-bond acceptors (Lipinski definition) is 4. The summed E-state index contributed by atoms with van der Waals surface area (Å²) in [4.78, 5) is 7.78. The lowest BCUT2D eigenvalue weighted by Gasteiger charge is -2.24. The summed E-state index contributed by atoms with van der Waals surface area (Å²) in [6.45, 7) is 1.63. The molecule has 2 rings (SSSR count). The minimum atomic E-state index is 0.242. The molecule has 0 aliphatic heterocycles. The number of thioether (sulfide) groups is 1. The maximum atomic E-state index is 4.31. The van der Waals surface area contributed by atoms with Crippen LogP contribution in [0.4, 0.5) is 0 Å². The first-order valence-electron chi connectivity index (χ1n) is 8.37. The molecule has 0 radical (unpaired) electrons. The first kappa shape index (κ1) is 19.3. The number of benzene rings is 1. The Morgan fingerprint density at radius 2 is 2.04 bits per heavy atom. The zero-order valence-electron chi connectivity index (χ0n) is 15.4. The van der Waals surface area contributed by atoms with E-state index in [1.807, 2.05) is 35.8 Å². The van der Waals surface area contributed by atoms with Crippen LogP contribution in [-0.4, -0.2) is 60.6 Å². The molecule has 136 valence electrons. The topological polar surface area (TPSA) is 57.5 Å². The average Bonchev–Trinajstić information content (AvgIpc) is 3.03. The molecule has 0 spiro atoms. The van der Waals surface area contributed by atoms with Gasteiger partial charge >= 0.3 is 0 Å². The Balaban J connectivity index is 1.76. The summed E-state index contributed by atoms with van der Waals surface area (Å²) in [5, 5.41) is 11.0. The third-order valence-electron chi connectivity index (χ3n) is 3.83. The van der Waals surface area contributed by atoms with E-state index in [4.69, 9.17) is 0 Å². The van der Waals surface area contributed by atoms with Crippen molar-refractivity contribution < 1.29 is 0 Å². The van der Waals surface area contributed by atoms with E-state index < -0.39 is 0 Å². The van der Waals surface area contributed by atoms with Gasteiger partial charge in [-0.15, -0.1) is 11.8 Å². The Hall–Kier alpha value is -1.99. The van der Waals surface area contributed by atoms with Crippen LogP contribution in [0, 0.1) is 0 Å². The molecule has 25 heavy (non-hydrogen) atoms. The van der Waals surface area contributed by atoms with E-state index in [-0.39, 0.29) is 6.04 Å². The van der Waals surface area contributed by atoms with Crippen LogP contribution in [0.15, 0.2) is 52.6 Å². The summed E-state index contributed by atoms with van der Waals surface area (Å²) in [6, 6.07) is 10.7. The van der Waals surface area contributed by atoms with Crippen molar-refractivity contribution in [3.05, 3.63) is 48.3 Å². The van der Waals surface area contributed by atoms with Gasteiger partial charge < -0.3 is 15.5 Å². The average molecular weight is 361 g/mol. The highest BCUT2D eigenvalue weighted by atomic mass is 32.2. The molecule has 7 heteroatoms. The fourth-order valence-electron chi connectivity index (χ4n) is 2.48. The van der Waals surface area contributed by atoms with Gasteiger partial charge in [0, 0.05) is 49.6 Å². The second-order valence-electron chi connectivity index (χ2n) is 5.97. The highest BCUT2D eigenvalue weighted by Crippen LogP contribution is 2.16. The van der Waals surface area contributed by atoms with Gasteiger partial charge in [-0.25, -0.2) is 0 Å². The molecule has 1 heterocycles. The van der Waals surface area contributed by atoms with Crippen LogP contribution in [0.1, 0.15) is 11.6 Å². The normalized spacial score (nSPS) is 13.1. The number of aliphatic imine (C=N–C) groups is 1. The molecule has 1 aromatic heterocycles. The van der Waals surface area contributed by atoms with Crippen LogP contribution in [0.25, 0.3) is 0 Å². The molecule has 6 nitrogen and oxygen atoms in total. The largest absolute Gasteiger partial charge is 0.356 e. The number of nitrogens with one attached hydrogen (secondary N) is 2. The molecule has 0 saturated heterocycles. The highest BCUT2D eigenvalue weighted by Gasteiger charge is 2.16. The molecule has 0 aliphatic rings. The predicted octanol–water partition coefficient (Wildman–Crippen LogP) is 1.98. The molecule has 2 aromatic rings. The Morgan fingerprint density at radius 3 is 2.64 bits per heavy atom. The SMILES string of the molecule is CN=C(NCCSc1ccccc1)NCC(c1cnn(C)c1)N(C)C. The van der Waals surface area contributed by atoms with E-state index >= 15 is 0 Å². The molecule has 0 saturated carbocycles. The number of aryl methyl sites for hydroxylation is 1. The van der Waals surface area contributed by atoms with Crippen LogP contribution < -0.4 is 10.6 Å². The molecular weight excluding hydrogens is 332 g/mol. The van der Waals surface area contributed by atoms with Crippen molar-refractivity contribution in [2.75, 3.05) is 40.0 Å². The summed E-state index contributed by atoms with van der Waals surface area (Å²) >= 11 is 1.84. The summed E-state index contributed by atoms with van der Waals surface area (Å²) in [5.74, 6) is 1.81. The van der Waals surface area contributed by atoms with Crippen molar-refractivity contribution in [2.24, 2.45) is 12.0 Å². The first-order chi connectivity index (χ1) is 12.1. The summed E-state index contributed by atoms with van der Waals surface area (Å²) < 4.78 is 1.83. The fraction of sp³-hybridized carbons (Fsp3) is 0.444. The molecule has 0 fully saturated rings. The zero-order chi connectivity index (χ0) is 18.1. The second-order valence-corrected chi connectivity index (χ2v) is 7.14. The summed E-state index contributed by atoms with van der Waals surface area (Å²) in [5.41, 5.74) is 1.19. The van der Waals surface area contributed by atoms with Gasteiger partial charge in [0.1, 0.15) is 0 Å². The van der Waals surface area contributed by atoms with E-state index in [9.17, 15) is 0 Å². The standard InChI is InChI=1S/C18H28N6S/c1-19-18(20-10-11-25-16-8-6-5-7-9-16)21-13-17(23(2)3)15-12-22-24(4)14-15/h5-9,12,14,17H,10-11,13H2,1-4H3,(H2,19,20,21). The number of hydrogen-bond donors (Lipinski definition) is 2. The van der Waals surface area contributed by atoms with Gasteiger partial charge in [-0.1, -0.05) is 18.2 Å². The van der Waals surface area contributed by atoms with Crippen LogP contribution in [0.5, 0.6) is 0 Å². The Bertz CT molecular complexity index is 653. The number of rotatable bonds is 8. The maximum Gasteiger partial charge on any atom is 0.191 e. The molecule has 0 bridgehead atoms. The lowest BCUT2D eigenvalue weighted by atomic mass is 10.1. The molecular formula is C18H28N6S. The van der Waals surface area contributed by atoms with Gasteiger partial charge in [-0.05, 0) is 26.2 Å². The van der Waals surface area contributed by atoms with Crippen molar-refractivity contribution in [2.45, 2.75) is 10.9 Å². The van der Waals surface area contributed by atoms with E-state index in [2.05, 4.69) is 70.2 Å². The fourth-order valence-corrected chi connectivity index (χ4v) is 3.27. The van der Waals surface area contributed by atoms with Gasteiger partial charge in [-0.2, -0.15) is 5.10 Å². The smallest absolute Gasteiger partial charge is 0.191 e. The van der Waals surface area contributed by atoms with Crippen molar-refractivity contribution in [1.29, 1.82) is 0 Å². The third kappa shape index (κ3) is 6.43. The Kier molecular flexibility index (Phi) is 7.81. The van der Waals surface area contributed by atoms with Crippen LogP contribution in [0.3, 0.4) is 0 Å². The van der Waals surface area contributed by atoms with Crippen LogP contribution >= 0.6 is 11.8 Å². The third-order valence-corrected chi connectivity index (χ3v) is 4.84. The van der Waals surface area contributed by atoms with Gasteiger partial charge in [0.25, 0.3) is 0 Å². The minimum Gasteiger partial charge on any atom is -0.356 e. The quantitative estimate of drug-likeness (QED) is 0.326. The maximum absolute atomic E-state index is 4.31. The van der Waals surface area contributed by atoms with Crippen LogP contribution in [-0.2, 0) is 7.05 Å². The number of nitrogens with zero attached hydrogens (tertiary/aromatic N) is 4. The van der Waals surface area contributed by atoms with E-state index in [0.29, 0.717) is 0 Å². The number of aromatic nitrogens is 2. The van der Waals surface area contributed by atoms with E-state index in [0.717, 1.165) is 24.8 Å². The predicted molar refractivity (Wildman–Crippen MR) is 106 cm³/mol. The lowest BCUT2D eigenvalue weighted by molar-refractivity contribution is 0.298. The van der Waals surface area contributed by atoms with Crippen molar-refractivity contribution in [1.82, 2.24) is 25.3 Å². The van der Waals surface area contributed by atoms with Gasteiger partial charge in [-0.3, -0.25) is 9.67 Å². The molecule has 1 atom stereocenters. The van der Waals surface area contributed by atoms with Crippen molar-refractivity contribution in [3.8, 4) is 0 Å². The van der Waals surface area contributed by atoms with Gasteiger partial charge in [0.05, 0.1) is 12.2 Å². The van der Waals surface area contributed by atoms with Gasteiger partial charge in [0.15, 0.2) is 5.96 Å². The summed E-state index contributed by atoms with van der Waals surface area (Å²) in [7, 11) is 7.89. The van der Waals surface area contributed by atoms with Crippen LogP contribution in [0.2, 0.25) is 0 Å². The van der Waals surface area contributed by atoms with Crippen molar-refractivity contribution >= 4 is 17.7 Å². The number of guanidine groups is 1. The first-order valence-corrected chi connectivity index (χ1v) is 9.36. The monoisotopic (exact) mass is 360 g/mol. The lowest BCUT2D eigenvalue weighted by Crippen LogP contribution is -2.42. The Labute approximate surface area is 154 Å². The Morgan fingerprint density at radius 1 is 1.28 bits per heavy atom. The van der Waals surface area contributed by atoms with Crippen molar-refractivity contribution in [3.63, 3.8) is 0 Å². The zero-order valence-corrected chi connectivity index (χ0v) is 16.3. The van der Waals surface area contributed by atoms with E-state index in [1.54, 1.807) is 7.05 Å². The molecule has 0 amide bonds. The van der Waals surface area contributed by atoms with Gasteiger partial charge in [0.2, 0.25) is 0 Å². The molecule has 0 aliphatic carbocycles. The minimum absolute atomic E-state index is 0.242. The summed E-state index contributed by atoms with van der Waals surface area (Å²) in [6.07, 6.45) is 3.97. The van der Waals surface area contributed by atoms with E-state index in [1.165, 1.54) is 10.5 Å². The molecule has 1 aromatic carbocycles.